The van der Waals surface area contributed by atoms with Crippen LogP contribution in [0.25, 0.3) is 11.4 Å². The highest BCUT2D eigenvalue weighted by atomic mass is 19.1. The van der Waals surface area contributed by atoms with Crippen LogP contribution in [-0.4, -0.2) is 49.2 Å². The molecule has 128 valence electrons. The van der Waals surface area contributed by atoms with Gasteiger partial charge in [0.2, 0.25) is 17.3 Å². The van der Waals surface area contributed by atoms with Gasteiger partial charge >= 0.3 is 0 Å². The maximum absolute atomic E-state index is 15.4. The first kappa shape index (κ1) is 15.4. The van der Waals surface area contributed by atoms with E-state index in [9.17, 15) is 4.79 Å². The van der Waals surface area contributed by atoms with Crippen molar-refractivity contribution in [3.05, 3.63) is 48.4 Å². The van der Waals surface area contributed by atoms with Crippen LogP contribution >= 0.6 is 0 Å². The minimum absolute atomic E-state index is 0.0831. The Bertz CT molecular complexity index is 866. The molecule has 2 aromatic heterocycles. The summed E-state index contributed by atoms with van der Waals surface area (Å²) in [5.74, 6) is -0.102. The van der Waals surface area contributed by atoms with Crippen LogP contribution in [0.15, 0.2) is 41.2 Å². The van der Waals surface area contributed by atoms with E-state index in [1.54, 1.807) is 0 Å². The van der Waals surface area contributed by atoms with Gasteiger partial charge in [-0.15, -0.1) is 0 Å². The molecule has 1 amide bonds. The van der Waals surface area contributed by atoms with Crippen LogP contribution in [0, 0.1) is 0 Å². The van der Waals surface area contributed by atoms with Gasteiger partial charge < -0.3 is 9.42 Å². The molecular weight excluding hydrogens is 327 g/mol. The van der Waals surface area contributed by atoms with Gasteiger partial charge in [-0.25, -0.2) is 9.37 Å². The Balaban J connectivity index is 1.57. The molecule has 0 aliphatic carbocycles. The van der Waals surface area contributed by atoms with Crippen molar-refractivity contribution < 1.29 is 13.7 Å². The van der Waals surface area contributed by atoms with Gasteiger partial charge in [-0.2, -0.15) is 10.1 Å². The molecule has 8 nitrogen and oxygen atoms in total. The Hall–Kier alpha value is -3.10. The van der Waals surface area contributed by atoms with Crippen LogP contribution < -0.4 is 0 Å². The Morgan fingerprint density at radius 3 is 2.92 bits per heavy atom. The molecule has 1 N–H and O–H groups in total. The van der Waals surface area contributed by atoms with E-state index in [1.807, 2.05) is 30.3 Å². The first-order chi connectivity index (χ1) is 12.2. The van der Waals surface area contributed by atoms with Crippen molar-refractivity contribution >= 4 is 5.91 Å². The molecule has 0 saturated carbocycles. The Morgan fingerprint density at radius 2 is 2.16 bits per heavy atom. The van der Waals surface area contributed by atoms with E-state index in [0.717, 1.165) is 5.56 Å². The molecule has 1 aliphatic rings. The molecular formula is C16H15FN6O2. The fourth-order valence-corrected chi connectivity index (χ4v) is 2.93. The molecule has 3 heterocycles. The van der Waals surface area contributed by atoms with Crippen LogP contribution in [-0.2, 0) is 5.67 Å². The number of halogens is 1. The maximum Gasteiger partial charge on any atom is 0.291 e. The van der Waals surface area contributed by atoms with Gasteiger partial charge in [-0.05, 0) is 12.8 Å². The second kappa shape index (κ2) is 6.08. The number of hydrogen-bond acceptors (Lipinski definition) is 6. The normalized spacial score (nSPS) is 20.6. The largest absolute Gasteiger partial charge is 0.335 e. The first-order valence-corrected chi connectivity index (χ1v) is 7.89. The summed E-state index contributed by atoms with van der Waals surface area (Å²) in [6, 6.07) is 9.19. The van der Waals surface area contributed by atoms with Crippen LogP contribution in [0.1, 0.15) is 29.4 Å². The zero-order valence-corrected chi connectivity index (χ0v) is 13.2. The number of aromatic amines is 1. The summed E-state index contributed by atoms with van der Waals surface area (Å²) >= 11 is 0. The first-order valence-electron chi connectivity index (χ1n) is 7.89. The molecule has 1 fully saturated rings. The molecule has 3 aromatic rings. The van der Waals surface area contributed by atoms with E-state index in [-0.39, 0.29) is 24.7 Å². The molecule has 1 unspecified atom stereocenters. The number of piperidine rings is 1. The highest BCUT2D eigenvalue weighted by Crippen LogP contribution is 2.35. The van der Waals surface area contributed by atoms with E-state index in [2.05, 4.69) is 25.3 Å². The summed E-state index contributed by atoms with van der Waals surface area (Å²) in [7, 11) is 0. The van der Waals surface area contributed by atoms with Crippen molar-refractivity contribution in [2.24, 2.45) is 0 Å². The molecule has 0 radical (unpaired) electrons. The summed E-state index contributed by atoms with van der Waals surface area (Å²) in [5.41, 5.74) is -1.14. The number of nitrogens with zero attached hydrogens (tertiary/aromatic N) is 5. The zero-order chi connectivity index (χ0) is 17.3. The third-order valence-electron chi connectivity index (χ3n) is 4.19. The molecule has 1 saturated heterocycles. The van der Waals surface area contributed by atoms with Gasteiger partial charge in [-0.1, -0.05) is 35.5 Å². The second-order valence-corrected chi connectivity index (χ2v) is 5.92. The minimum Gasteiger partial charge on any atom is -0.335 e. The lowest BCUT2D eigenvalue weighted by Gasteiger charge is -2.34. The number of benzene rings is 1. The lowest BCUT2D eigenvalue weighted by Crippen LogP contribution is -2.46. The standard InChI is InChI=1S/C16H15FN6O2/c17-16(15-20-12(22-25-15)11-5-2-1-3-6-11)7-4-8-23(9-16)14(24)13-18-10-19-21-13/h1-3,5-6,10H,4,7-9H2,(H,18,19,21). The Kier molecular flexibility index (Phi) is 3.75. The zero-order valence-electron chi connectivity index (χ0n) is 13.2. The van der Waals surface area contributed by atoms with Crippen LogP contribution in [0.3, 0.4) is 0 Å². The van der Waals surface area contributed by atoms with Crippen molar-refractivity contribution in [1.29, 1.82) is 0 Å². The fourth-order valence-electron chi connectivity index (χ4n) is 2.93. The van der Waals surface area contributed by atoms with E-state index in [1.165, 1.54) is 11.2 Å². The van der Waals surface area contributed by atoms with Crippen LogP contribution in [0.2, 0.25) is 0 Å². The number of carbonyl (C=O) groups excluding carboxylic acids is 1. The smallest absolute Gasteiger partial charge is 0.291 e. The number of H-pyrrole nitrogens is 1. The lowest BCUT2D eigenvalue weighted by molar-refractivity contribution is 0.0146. The summed E-state index contributed by atoms with van der Waals surface area (Å²) in [4.78, 5) is 21.8. The topological polar surface area (TPSA) is 101 Å². The van der Waals surface area contributed by atoms with Gasteiger partial charge in [0.1, 0.15) is 6.33 Å². The van der Waals surface area contributed by atoms with Crippen LogP contribution in [0.5, 0.6) is 0 Å². The molecule has 1 aliphatic heterocycles. The van der Waals surface area contributed by atoms with E-state index in [4.69, 9.17) is 4.52 Å². The van der Waals surface area contributed by atoms with Crippen molar-refractivity contribution in [1.82, 2.24) is 30.2 Å². The van der Waals surface area contributed by atoms with Crippen molar-refractivity contribution in [2.45, 2.75) is 18.5 Å². The van der Waals surface area contributed by atoms with Gasteiger partial charge in [0.05, 0.1) is 6.54 Å². The number of amides is 1. The van der Waals surface area contributed by atoms with Gasteiger partial charge in [-0.3, -0.25) is 9.89 Å². The second-order valence-electron chi connectivity index (χ2n) is 5.92. The number of hydrogen-bond donors (Lipinski definition) is 1. The van der Waals surface area contributed by atoms with Crippen LogP contribution in [0.4, 0.5) is 4.39 Å². The predicted molar refractivity (Wildman–Crippen MR) is 84.0 cm³/mol. The molecule has 0 bridgehead atoms. The average molecular weight is 342 g/mol. The summed E-state index contributed by atoms with van der Waals surface area (Å²) < 4.78 is 20.6. The number of rotatable bonds is 3. The van der Waals surface area contributed by atoms with Gasteiger partial charge in [0, 0.05) is 12.1 Å². The number of nitrogens with one attached hydrogen (secondary N) is 1. The van der Waals surface area contributed by atoms with Crippen molar-refractivity contribution in [2.75, 3.05) is 13.1 Å². The predicted octanol–water partition coefficient (Wildman–Crippen LogP) is 1.96. The summed E-state index contributed by atoms with van der Waals surface area (Å²) in [6.45, 7) is 0.272. The number of carbonyl (C=O) groups is 1. The van der Waals surface area contributed by atoms with Gasteiger partial charge in [0.15, 0.2) is 0 Å². The minimum atomic E-state index is -1.88. The third kappa shape index (κ3) is 2.88. The van der Waals surface area contributed by atoms with E-state index >= 15 is 4.39 Å². The SMILES string of the molecule is O=C(c1ncn[nH]1)N1CCCC(F)(c2nc(-c3ccccc3)no2)C1. The summed E-state index contributed by atoms with van der Waals surface area (Å²) in [6.07, 6.45) is 1.94. The highest BCUT2D eigenvalue weighted by molar-refractivity contribution is 5.90. The Morgan fingerprint density at radius 1 is 1.32 bits per heavy atom. The quantitative estimate of drug-likeness (QED) is 0.781. The molecule has 1 aromatic carbocycles. The highest BCUT2D eigenvalue weighted by Gasteiger charge is 2.44. The summed E-state index contributed by atoms with van der Waals surface area (Å²) in [5, 5.41) is 10.0. The Labute approximate surface area is 142 Å². The molecule has 4 rings (SSSR count). The van der Waals surface area contributed by atoms with E-state index in [0.29, 0.717) is 18.8 Å². The molecule has 0 spiro atoms. The maximum atomic E-state index is 15.4. The number of aromatic nitrogens is 5. The number of likely N-dealkylation sites (tertiary alicyclic amines) is 1. The third-order valence-corrected chi connectivity index (χ3v) is 4.19. The molecule has 9 heteroatoms. The van der Waals surface area contributed by atoms with E-state index < -0.39 is 11.6 Å². The van der Waals surface area contributed by atoms with Crippen molar-refractivity contribution in [3.63, 3.8) is 0 Å². The average Bonchev–Trinajstić information content (AvgIpc) is 3.34. The van der Waals surface area contributed by atoms with Crippen molar-refractivity contribution in [3.8, 4) is 11.4 Å². The number of alkyl halides is 1. The molecule has 1 atom stereocenters. The van der Waals surface area contributed by atoms with Gasteiger partial charge in [0.25, 0.3) is 11.8 Å². The lowest BCUT2D eigenvalue weighted by atomic mass is 9.94. The monoisotopic (exact) mass is 342 g/mol. The fraction of sp³-hybridized carbons (Fsp3) is 0.312. The molecule has 25 heavy (non-hydrogen) atoms.